The van der Waals surface area contributed by atoms with Crippen LogP contribution in [0, 0.1) is 0 Å². The van der Waals surface area contributed by atoms with Crippen molar-refractivity contribution in [2.75, 3.05) is 13.2 Å². The maximum Gasteiger partial charge on any atom is 0.305 e. The third-order valence-electron chi connectivity index (χ3n) is 13.6. The lowest BCUT2D eigenvalue weighted by atomic mass is 10.0. The third kappa shape index (κ3) is 50.0. The van der Waals surface area contributed by atoms with Gasteiger partial charge in [-0.05, 0) is 51.4 Å². The molecule has 0 spiro atoms. The zero-order valence-electron chi connectivity index (χ0n) is 43.3. The number of allylic oxidation sites excluding steroid dienone is 2. The van der Waals surface area contributed by atoms with E-state index in [1.54, 1.807) is 0 Å². The Balaban J connectivity index is 3.46. The SMILES string of the molecule is CCCCCCCC/C=C\CCCCCCCCCCCC(=O)OCCCCCCCCCCCC(=O)NC(CO)C(O)CCCCCCCCCCCCCCCCCCCCC. The predicted octanol–water partition coefficient (Wildman–Crippen LogP) is 17.7. The monoisotopic (exact) mass is 904 g/mol. The summed E-state index contributed by atoms with van der Waals surface area (Å²) in [5.41, 5.74) is 0. The van der Waals surface area contributed by atoms with E-state index in [9.17, 15) is 19.8 Å². The molecule has 6 heteroatoms. The van der Waals surface area contributed by atoms with Crippen LogP contribution in [-0.2, 0) is 14.3 Å². The average Bonchev–Trinajstić information content (AvgIpc) is 3.29. The molecule has 0 heterocycles. The van der Waals surface area contributed by atoms with Gasteiger partial charge in [-0.25, -0.2) is 0 Å². The molecule has 0 bridgehead atoms. The van der Waals surface area contributed by atoms with Crippen molar-refractivity contribution in [1.29, 1.82) is 0 Å². The van der Waals surface area contributed by atoms with E-state index < -0.39 is 12.1 Å². The molecule has 0 aliphatic heterocycles. The van der Waals surface area contributed by atoms with Gasteiger partial charge in [0.1, 0.15) is 0 Å². The second-order valence-electron chi connectivity index (χ2n) is 20.0. The van der Waals surface area contributed by atoms with E-state index in [1.807, 2.05) is 0 Å². The van der Waals surface area contributed by atoms with Crippen LogP contribution >= 0.6 is 0 Å². The predicted molar refractivity (Wildman–Crippen MR) is 278 cm³/mol. The van der Waals surface area contributed by atoms with E-state index in [0.29, 0.717) is 25.9 Å². The highest BCUT2D eigenvalue weighted by atomic mass is 16.5. The zero-order chi connectivity index (χ0) is 46.5. The van der Waals surface area contributed by atoms with Crippen molar-refractivity contribution < 1.29 is 24.5 Å². The van der Waals surface area contributed by atoms with Gasteiger partial charge < -0.3 is 20.3 Å². The summed E-state index contributed by atoms with van der Waals surface area (Å²) in [4.78, 5) is 24.6. The van der Waals surface area contributed by atoms with Crippen LogP contribution in [-0.4, -0.2) is 47.4 Å². The van der Waals surface area contributed by atoms with Gasteiger partial charge in [0.05, 0.1) is 25.4 Å². The largest absolute Gasteiger partial charge is 0.466 e. The molecular formula is C58H113NO5. The van der Waals surface area contributed by atoms with Gasteiger partial charge in [0.2, 0.25) is 5.91 Å². The van der Waals surface area contributed by atoms with Crippen LogP contribution in [0.15, 0.2) is 12.2 Å². The van der Waals surface area contributed by atoms with Crippen molar-refractivity contribution in [3.63, 3.8) is 0 Å². The Morgan fingerprint density at radius 1 is 0.422 bits per heavy atom. The number of carbonyl (C=O) groups excluding carboxylic acids is 2. The first kappa shape index (κ1) is 62.6. The van der Waals surface area contributed by atoms with Crippen molar-refractivity contribution in [1.82, 2.24) is 5.32 Å². The molecule has 0 aromatic rings. The van der Waals surface area contributed by atoms with Crippen LogP contribution in [0.4, 0.5) is 0 Å². The average molecular weight is 905 g/mol. The molecule has 0 saturated heterocycles. The molecule has 0 rings (SSSR count). The standard InChI is InChI=1S/C58H113NO5/c1-3-5-7-9-11-13-15-17-19-21-23-25-27-29-31-34-38-42-46-50-56(61)55(54-60)59-57(62)51-47-43-39-35-33-37-41-45-49-53-64-58(63)52-48-44-40-36-32-30-28-26-24-22-20-18-16-14-12-10-8-6-4-2/h18,20,55-56,60-61H,3-17,19,21-54H2,1-2H3,(H,59,62)/b20-18-. The number of aliphatic hydroxyl groups excluding tert-OH is 2. The number of aliphatic hydroxyl groups is 2. The third-order valence-corrected chi connectivity index (χ3v) is 13.6. The summed E-state index contributed by atoms with van der Waals surface area (Å²) in [6.45, 7) is 4.91. The minimum atomic E-state index is -0.682. The first-order valence-electron chi connectivity index (χ1n) is 28.9. The summed E-state index contributed by atoms with van der Waals surface area (Å²) in [6.07, 6.45) is 63.4. The van der Waals surface area contributed by atoms with Gasteiger partial charge in [0.15, 0.2) is 0 Å². The Hall–Kier alpha value is -1.40. The van der Waals surface area contributed by atoms with Gasteiger partial charge in [0, 0.05) is 12.8 Å². The second kappa shape index (κ2) is 54.2. The minimum absolute atomic E-state index is 0.0243. The van der Waals surface area contributed by atoms with E-state index in [0.717, 1.165) is 57.8 Å². The number of rotatable bonds is 54. The number of carbonyl (C=O) groups is 2. The van der Waals surface area contributed by atoms with Crippen molar-refractivity contribution in [2.45, 2.75) is 334 Å². The van der Waals surface area contributed by atoms with Crippen LogP contribution in [0.3, 0.4) is 0 Å². The van der Waals surface area contributed by atoms with Gasteiger partial charge in [0.25, 0.3) is 0 Å². The quantitative estimate of drug-likeness (QED) is 0.0321. The summed E-state index contributed by atoms with van der Waals surface area (Å²) in [6, 6.07) is -0.562. The first-order chi connectivity index (χ1) is 31.5. The molecule has 0 radical (unpaired) electrons. The van der Waals surface area contributed by atoms with E-state index >= 15 is 0 Å². The van der Waals surface area contributed by atoms with Crippen molar-refractivity contribution in [3.05, 3.63) is 12.2 Å². The van der Waals surface area contributed by atoms with Crippen LogP contribution in [0.25, 0.3) is 0 Å². The number of esters is 1. The highest BCUT2D eigenvalue weighted by Crippen LogP contribution is 2.17. The van der Waals surface area contributed by atoms with E-state index in [4.69, 9.17) is 4.74 Å². The summed E-state index contributed by atoms with van der Waals surface area (Å²) in [7, 11) is 0. The molecule has 6 nitrogen and oxygen atoms in total. The summed E-state index contributed by atoms with van der Waals surface area (Å²) >= 11 is 0. The molecule has 2 unspecified atom stereocenters. The fourth-order valence-electron chi connectivity index (χ4n) is 9.11. The molecular weight excluding hydrogens is 791 g/mol. The number of amides is 1. The molecule has 0 fully saturated rings. The van der Waals surface area contributed by atoms with Crippen LogP contribution in [0.1, 0.15) is 322 Å². The summed E-state index contributed by atoms with van der Waals surface area (Å²) in [5.74, 6) is -0.0835. The molecule has 1 amide bonds. The molecule has 2 atom stereocenters. The van der Waals surface area contributed by atoms with Crippen molar-refractivity contribution in [3.8, 4) is 0 Å². The van der Waals surface area contributed by atoms with Crippen molar-refractivity contribution in [2.24, 2.45) is 0 Å². The molecule has 0 aromatic heterocycles. The van der Waals surface area contributed by atoms with Crippen LogP contribution in [0.2, 0.25) is 0 Å². The Labute approximate surface area is 399 Å². The maximum absolute atomic E-state index is 12.5. The van der Waals surface area contributed by atoms with E-state index in [1.165, 1.54) is 231 Å². The highest BCUT2D eigenvalue weighted by Gasteiger charge is 2.20. The smallest absolute Gasteiger partial charge is 0.305 e. The molecule has 0 saturated carbocycles. The minimum Gasteiger partial charge on any atom is -0.466 e. The Morgan fingerprint density at radius 3 is 1.11 bits per heavy atom. The number of unbranched alkanes of at least 4 members (excludes halogenated alkanes) is 41. The summed E-state index contributed by atoms with van der Waals surface area (Å²) in [5, 5.41) is 23.3. The highest BCUT2D eigenvalue weighted by molar-refractivity contribution is 5.76. The van der Waals surface area contributed by atoms with Crippen LogP contribution in [0.5, 0.6) is 0 Å². The lowest BCUT2D eigenvalue weighted by Crippen LogP contribution is -2.45. The fraction of sp³-hybridized carbons (Fsp3) is 0.931. The second-order valence-corrected chi connectivity index (χ2v) is 20.0. The maximum atomic E-state index is 12.5. The summed E-state index contributed by atoms with van der Waals surface area (Å²) < 4.78 is 5.47. The normalized spacial score (nSPS) is 12.6. The molecule has 380 valence electrons. The fourth-order valence-corrected chi connectivity index (χ4v) is 9.11. The van der Waals surface area contributed by atoms with Gasteiger partial charge in [-0.2, -0.15) is 0 Å². The molecule has 64 heavy (non-hydrogen) atoms. The van der Waals surface area contributed by atoms with Gasteiger partial charge in [-0.15, -0.1) is 0 Å². The van der Waals surface area contributed by atoms with Gasteiger partial charge >= 0.3 is 5.97 Å². The lowest BCUT2D eigenvalue weighted by molar-refractivity contribution is -0.143. The topological polar surface area (TPSA) is 95.9 Å². The van der Waals surface area contributed by atoms with Crippen LogP contribution < -0.4 is 5.32 Å². The molecule has 0 aliphatic carbocycles. The molecule has 0 aromatic carbocycles. The first-order valence-corrected chi connectivity index (χ1v) is 28.9. The molecule has 0 aliphatic rings. The van der Waals surface area contributed by atoms with E-state index in [-0.39, 0.29) is 18.5 Å². The van der Waals surface area contributed by atoms with Gasteiger partial charge in [-0.1, -0.05) is 270 Å². The van der Waals surface area contributed by atoms with Crippen molar-refractivity contribution >= 4 is 11.9 Å². The number of hydrogen-bond donors (Lipinski definition) is 3. The van der Waals surface area contributed by atoms with E-state index in [2.05, 4.69) is 31.3 Å². The number of nitrogens with one attached hydrogen (secondary N) is 1. The lowest BCUT2D eigenvalue weighted by Gasteiger charge is -2.22. The van der Waals surface area contributed by atoms with Gasteiger partial charge in [-0.3, -0.25) is 9.59 Å². The molecule has 3 N–H and O–H groups in total. The Morgan fingerprint density at radius 2 is 0.734 bits per heavy atom. The zero-order valence-corrected chi connectivity index (χ0v) is 43.3. The number of ether oxygens (including phenoxy) is 1. The Bertz CT molecular complexity index is 955. The number of hydrogen-bond acceptors (Lipinski definition) is 5. The Kier molecular flexibility index (Phi) is 53.0.